The number of halogens is 2. The highest BCUT2D eigenvalue weighted by Gasteiger charge is 2.51. The highest BCUT2D eigenvalue weighted by Crippen LogP contribution is 2.35. The third-order valence-electron chi connectivity index (χ3n) is 2.63. The van der Waals surface area contributed by atoms with Crippen molar-refractivity contribution in [2.24, 2.45) is 5.92 Å². The molecule has 11 heavy (non-hydrogen) atoms. The van der Waals surface area contributed by atoms with Gasteiger partial charge < -0.3 is 10.6 Å². The molecule has 0 saturated carbocycles. The van der Waals surface area contributed by atoms with E-state index < -0.39 is 17.9 Å². The first kappa shape index (κ1) is 7.43. The Bertz CT molecular complexity index is 137. The summed E-state index contributed by atoms with van der Waals surface area (Å²) < 4.78 is 26.4. The number of piperidine rings is 2. The van der Waals surface area contributed by atoms with E-state index in [9.17, 15) is 8.78 Å². The summed E-state index contributed by atoms with van der Waals surface area (Å²) in [4.78, 5) is 0. The number of rotatable bonds is 0. The van der Waals surface area contributed by atoms with Gasteiger partial charge >= 0.3 is 0 Å². The van der Waals surface area contributed by atoms with E-state index in [1.54, 1.807) is 0 Å². The fourth-order valence-electron chi connectivity index (χ4n) is 1.89. The second-order valence-corrected chi connectivity index (χ2v) is 3.33. The molecule has 2 bridgehead atoms. The third-order valence-corrected chi connectivity index (χ3v) is 2.63. The SMILES string of the molecule is FC1(F)[C@H]2CCN[C@@H]1CNC2. The van der Waals surface area contributed by atoms with E-state index in [-0.39, 0.29) is 0 Å². The lowest BCUT2D eigenvalue weighted by molar-refractivity contribution is -0.121. The third kappa shape index (κ3) is 1.05. The number of alkyl halides is 2. The molecule has 2 saturated heterocycles. The Hall–Kier alpha value is -0.220. The molecule has 0 aromatic heterocycles. The van der Waals surface area contributed by atoms with Crippen LogP contribution in [0, 0.1) is 5.92 Å². The van der Waals surface area contributed by atoms with Crippen molar-refractivity contribution in [3.8, 4) is 0 Å². The molecule has 2 aliphatic heterocycles. The zero-order chi connectivity index (χ0) is 7.90. The highest BCUT2D eigenvalue weighted by molar-refractivity contribution is 4.99. The van der Waals surface area contributed by atoms with Gasteiger partial charge in [0.2, 0.25) is 0 Å². The lowest BCUT2D eigenvalue weighted by Crippen LogP contribution is -2.64. The van der Waals surface area contributed by atoms with Crippen molar-refractivity contribution in [2.75, 3.05) is 19.6 Å². The molecule has 2 atom stereocenters. The van der Waals surface area contributed by atoms with Crippen molar-refractivity contribution in [1.29, 1.82) is 0 Å². The van der Waals surface area contributed by atoms with Crippen LogP contribution >= 0.6 is 0 Å². The Balaban J connectivity index is 2.17. The van der Waals surface area contributed by atoms with Gasteiger partial charge in [-0.05, 0) is 13.0 Å². The zero-order valence-electron chi connectivity index (χ0n) is 6.24. The monoisotopic (exact) mass is 162 g/mol. The summed E-state index contributed by atoms with van der Waals surface area (Å²) in [6, 6.07) is -0.630. The van der Waals surface area contributed by atoms with Crippen LogP contribution in [0.25, 0.3) is 0 Å². The molecule has 2 heterocycles. The summed E-state index contributed by atoms with van der Waals surface area (Å²) in [5.74, 6) is -2.92. The van der Waals surface area contributed by atoms with Crippen LogP contribution in [0.2, 0.25) is 0 Å². The molecule has 2 rings (SSSR count). The fourth-order valence-corrected chi connectivity index (χ4v) is 1.89. The fraction of sp³-hybridized carbons (Fsp3) is 1.00. The Morgan fingerprint density at radius 3 is 2.73 bits per heavy atom. The van der Waals surface area contributed by atoms with Crippen molar-refractivity contribution in [3.63, 3.8) is 0 Å². The van der Waals surface area contributed by atoms with Crippen molar-refractivity contribution in [3.05, 3.63) is 0 Å². The Labute approximate surface area is 64.3 Å². The molecule has 0 spiro atoms. The number of fused-ring (bicyclic) bond motifs is 2. The number of hydrogen-bond acceptors (Lipinski definition) is 2. The molecule has 0 aromatic carbocycles. The minimum Gasteiger partial charge on any atom is -0.314 e. The maximum Gasteiger partial charge on any atom is 0.268 e. The molecule has 0 amide bonds. The summed E-state index contributed by atoms with van der Waals surface area (Å²) in [7, 11) is 0. The molecule has 64 valence electrons. The lowest BCUT2D eigenvalue weighted by Gasteiger charge is -2.43. The van der Waals surface area contributed by atoms with Crippen LogP contribution in [0.3, 0.4) is 0 Å². The highest BCUT2D eigenvalue weighted by atomic mass is 19.3. The van der Waals surface area contributed by atoms with Gasteiger partial charge in [-0.15, -0.1) is 0 Å². The molecule has 0 unspecified atom stereocenters. The summed E-state index contributed by atoms with van der Waals surface area (Å²) >= 11 is 0. The van der Waals surface area contributed by atoms with Crippen LogP contribution in [0.4, 0.5) is 8.78 Å². The van der Waals surface area contributed by atoms with Gasteiger partial charge in [0.05, 0.1) is 6.04 Å². The molecule has 0 aliphatic carbocycles. The van der Waals surface area contributed by atoms with E-state index in [2.05, 4.69) is 10.6 Å². The first-order chi connectivity index (χ1) is 5.21. The summed E-state index contributed by atoms with van der Waals surface area (Å²) in [5.41, 5.74) is 0. The predicted molar refractivity (Wildman–Crippen MR) is 37.7 cm³/mol. The molecule has 2 fully saturated rings. The lowest BCUT2D eigenvalue weighted by atomic mass is 9.85. The van der Waals surface area contributed by atoms with Crippen molar-refractivity contribution in [2.45, 2.75) is 18.4 Å². The van der Waals surface area contributed by atoms with Gasteiger partial charge in [-0.2, -0.15) is 0 Å². The van der Waals surface area contributed by atoms with Crippen LogP contribution in [-0.4, -0.2) is 31.6 Å². The van der Waals surface area contributed by atoms with Crippen LogP contribution < -0.4 is 10.6 Å². The van der Waals surface area contributed by atoms with Gasteiger partial charge in [-0.1, -0.05) is 0 Å². The van der Waals surface area contributed by atoms with Crippen LogP contribution in [0.1, 0.15) is 6.42 Å². The second kappa shape index (κ2) is 2.38. The number of hydrogen-bond donors (Lipinski definition) is 2. The van der Waals surface area contributed by atoms with E-state index in [1.807, 2.05) is 0 Å². The molecule has 2 N–H and O–H groups in total. The van der Waals surface area contributed by atoms with Gasteiger partial charge in [0.15, 0.2) is 0 Å². The van der Waals surface area contributed by atoms with E-state index >= 15 is 0 Å². The van der Waals surface area contributed by atoms with Crippen molar-refractivity contribution in [1.82, 2.24) is 10.6 Å². The zero-order valence-corrected chi connectivity index (χ0v) is 6.24. The van der Waals surface area contributed by atoms with Gasteiger partial charge in [0.25, 0.3) is 5.92 Å². The Morgan fingerprint density at radius 2 is 2.09 bits per heavy atom. The van der Waals surface area contributed by atoms with E-state index in [0.717, 1.165) is 6.54 Å². The molecule has 2 aliphatic rings. The summed E-state index contributed by atoms with van der Waals surface area (Å²) in [6.45, 7) is 1.63. The van der Waals surface area contributed by atoms with E-state index in [0.29, 0.717) is 19.5 Å². The molecular formula is C7H12F2N2. The molecular weight excluding hydrogens is 150 g/mol. The normalized spacial score (nSPS) is 42.0. The molecule has 0 aromatic rings. The van der Waals surface area contributed by atoms with Gasteiger partial charge in [0.1, 0.15) is 0 Å². The Kier molecular flexibility index (Phi) is 1.61. The van der Waals surface area contributed by atoms with Gasteiger partial charge in [0, 0.05) is 19.0 Å². The average molecular weight is 162 g/mol. The second-order valence-electron chi connectivity index (χ2n) is 3.33. The predicted octanol–water partition coefficient (Wildman–Crippen LogP) is 0.203. The van der Waals surface area contributed by atoms with Crippen molar-refractivity contribution < 1.29 is 8.78 Å². The summed E-state index contributed by atoms with van der Waals surface area (Å²) in [5, 5.41) is 5.83. The van der Waals surface area contributed by atoms with Crippen LogP contribution in [0.15, 0.2) is 0 Å². The standard InChI is InChI=1S/C7H12F2N2/c8-7(9)5-1-2-11-6(7)4-10-3-5/h5-6,10-11H,1-4H2/t5-,6+/m0/s1. The van der Waals surface area contributed by atoms with E-state index in [1.165, 1.54) is 0 Å². The maximum absolute atomic E-state index is 13.2. The summed E-state index contributed by atoms with van der Waals surface area (Å²) in [6.07, 6.45) is 0.594. The minimum absolute atomic E-state index is 0.406. The van der Waals surface area contributed by atoms with Gasteiger partial charge in [-0.25, -0.2) is 8.78 Å². The Morgan fingerprint density at radius 1 is 1.27 bits per heavy atom. The number of nitrogens with one attached hydrogen (secondary N) is 2. The van der Waals surface area contributed by atoms with Crippen LogP contribution in [0.5, 0.6) is 0 Å². The van der Waals surface area contributed by atoms with Gasteiger partial charge in [-0.3, -0.25) is 0 Å². The quantitative estimate of drug-likeness (QED) is 0.532. The molecule has 2 nitrogen and oxygen atoms in total. The average Bonchev–Trinajstić information content (AvgIpc) is 1.82. The van der Waals surface area contributed by atoms with Crippen molar-refractivity contribution >= 4 is 0 Å². The first-order valence-corrected chi connectivity index (χ1v) is 4.03. The maximum atomic E-state index is 13.2. The largest absolute Gasteiger partial charge is 0.314 e. The molecule has 4 heteroatoms. The smallest absolute Gasteiger partial charge is 0.268 e. The minimum atomic E-state index is -2.48. The molecule has 0 radical (unpaired) electrons. The first-order valence-electron chi connectivity index (χ1n) is 4.03. The van der Waals surface area contributed by atoms with E-state index in [4.69, 9.17) is 0 Å². The topological polar surface area (TPSA) is 24.1 Å². The van der Waals surface area contributed by atoms with Crippen LogP contribution in [-0.2, 0) is 0 Å².